The van der Waals surface area contributed by atoms with E-state index in [2.05, 4.69) is 10.4 Å². The van der Waals surface area contributed by atoms with E-state index in [1.165, 1.54) is 11.3 Å². The van der Waals surface area contributed by atoms with Crippen LogP contribution < -0.4 is 5.32 Å². The molecule has 1 atom stereocenters. The van der Waals surface area contributed by atoms with Gasteiger partial charge in [0.05, 0.1) is 27.9 Å². The van der Waals surface area contributed by atoms with Gasteiger partial charge in [0.15, 0.2) is 6.10 Å². The Kier molecular flexibility index (Phi) is 6.36. The first kappa shape index (κ1) is 21.0. The number of carbonyl (C=O) groups excluding carboxylic acids is 3. The van der Waals surface area contributed by atoms with Gasteiger partial charge in [-0.15, -0.1) is 11.3 Å². The maximum atomic E-state index is 12.5. The third-order valence-corrected chi connectivity index (χ3v) is 6.12. The molecule has 156 valence electrons. The van der Waals surface area contributed by atoms with E-state index in [1.807, 2.05) is 25.3 Å². The second-order valence-corrected chi connectivity index (χ2v) is 8.23. The first-order chi connectivity index (χ1) is 13.8. The number of aromatic nitrogens is 2. The number of carbonyl (C=O) groups is 3. The van der Waals surface area contributed by atoms with Crippen molar-refractivity contribution in [3.05, 3.63) is 33.8 Å². The second-order valence-electron chi connectivity index (χ2n) is 7.28. The second kappa shape index (κ2) is 8.77. The topological polar surface area (TPSA) is 93.5 Å². The molecular weight excluding hydrogens is 392 g/mol. The minimum Gasteiger partial charge on any atom is -0.452 e. The van der Waals surface area contributed by atoms with Crippen LogP contribution in [0.4, 0.5) is 5.69 Å². The molecule has 1 saturated heterocycles. The Bertz CT molecular complexity index is 898. The van der Waals surface area contributed by atoms with Crippen molar-refractivity contribution in [3.8, 4) is 0 Å². The van der Waals surface area contributed by atoms with Crippen LogP contribution in [0.3, 0.4) is 0 Å². The zero-order chi connectivity index (χ0) is 21.1. The summed E-state index contributed by atoms with van der Waals surface area (Å²) in [5.41, 5.74) is 2.18. The summed E-state index contributed by atoms with van der Waals surface area (Å²) in [7, 11) is 1.80. The van der Waals surface area contributed by atoms with Crippen LogP contribution in [0, 0.1) is 19.8 Å². The first-order valence-corrected chi connectivity index (χ1v) is 10.5. The predicted molar refractivity (Wildman–Crippen MR) is 110 cm³/mol. The molecule has 29 heavy (non-hydrogen) atoms. The molecule has 9 heteroatoms. The van der Waals surface area contributed by atoms with Gasteiger partial charge in [0.25, 0.3) is 11.8 Å². The Hall–Kier alpha value is -2.68. The number of nitrogens with zero attached hydrogens (tertiary/aromatic N) is 3. The molecule has 2 amide bonds. The summed E-state index contributed by atoms with van der Waals surface area (Å²) >= 11 is 1.41. The first-order valence-electron chi connectivity index (χ1n) is 9.62. The van der Waals surface area contributed by atoms with E-state index in [0.717, 1.165) is 5.69 Å². The lowest BCUT2D eigenvalue weighted by Gasteiger charge is -2.31. The highest BCUT2D eigenvalue weighted by molar-refractivity contribution is 7.12. The Balaban J connectivity index is 1.50. The Labute approximate surface area is 173 Å². The largest absolute Gasteiger partial charge is 0.452 e. The highest BCUT2D eigenvalue weighted by Crippen LogP contribution is 2.23. The normalized spacial score (nSPS) is 15.8. The number of ether oxygens (including phenoxy) is 1. The molecule has 0 bridgehead atoms. The van der Waals surface area contributed by atoms with Gasteiger partial charge >= 0.3 is 5.97 Å². The molecule has 1 fully saturated rings. The average Bonchev–Trinajstić information content (AvgIpc) is 3.32. The molecule has 3 rings (SSSR count). The fourth-order valence-corrected chi connectivity index (χ4v) is 4.07. The summed E-state index contributed by atoms with van der Waals surface area (Å²) in [4.78, 5) is 39.8. The van der Waals surface area contributed by atoms with Crippen LogP contribution in [0.5, 0.6) is 0 Å². The van der Waals surface area contributed by atoms with E-state index < -0.39 is 12.1 Å². The van der Waals surface area contributed by atoms with Crippen molar-refractivity contribution in [2.75, 3.05) is 18.4 Å². The molecule has 2 aromatic rings. The molecule has 0 spiro atoms. The number of rotatable bonds is 5. The van der Waals surface area contributed by atoms with Crippen LogP contribution in [-0.2, 0) is 21.4 Å². The third kappa shape index (κ3) is 4.67. The molecule has 0 aliphatic carbocycles. The van der Waals surface area contributed by atoms with Gasteiger partial charge in [-0.1, -0.05) is 6.07 Å². The third-order valence-electron chi connectivity index (χ3n) is 5.27. The van der Waals surface area contributed by atoms with Crippen LogP contribution in [0.1, 0.15) is 40.8 Å². The van der Waals surface area contributed by atoms with Gasteiger partial charge in [-0.2, -0.15) is 5.10 Å². The van der Waals surface area contributed by atoms with Gasteiger partial charge in [0.1, 0.15) is 0 Å². The Morgan fingerprint density at radius 3 is 2.52 bits per heavy atom. The fraction of sp³-hybridized carbons (Fsp3) is 0.500. The highest BCUT2D eigenvalue weighted by atomic mass is 32.1. The van der Waals surface area contributed by atoms with E-state index in [4.69, 9.17) is 4.74 Å². The van der Waals surface area contributed by atoms with E-state index in [1.54, 1.807) is 29.6 Å². The summed E-state index contributed by atoms with van der Waals surface area (Å²) in [6.45, 7) is 6.24. The van der Waals surface area contributed by atoms with Crippen LogP contribution >= 0.6 is 11.3 Å². The minimum atomic E-state index is -0.910. The van der Waals surface area contributed by atoms with E-state index in [0.29, 0.717) is 42.2 Å². The number of nitrogens with one attached hydrogen (secondary N) is 1. The number of likely N-dealkylation sites (tertiary alicyclic amines) is 1. The van der Waals surface area contributed by atoms with Gasteiger partial charge < -0.3 is 15.0 Å². The number of thiophene rings is 1. The number of esters is 1. The Morgan fingerprint density at radius 2 is 1.97 bits per heavy atom. The van der Waals surface area contributed by atoms with Crippen LogP contribution in [-0.4, -0.2) is 51.7 Å². The fourth-order valence-electron chi connectivity index (χ4n) is 3.38. The number of piperidine rings is 1. The molecular formula is C20H26N4O4S. The van der Waals surface area contributed by atoms with Crippen molar-refractivity contribution >= 4 is 34.8 Å². The smallest absolute Gasteiger partial charge is 0.309 e. The van der Waals surface area contributed by atoms with Gasteiger partial charge in [0, 0.05) is 20.1 Å². The number of aryl methyl sites for hydroxylation is 2. The minimum absolute atomic E-state index is 0.00164. The van der Waals surface area contributed by atoms with Crippen LogP contribution in [0.25, 0.3) is 0 Å². The predicted octanol–water partition coefficient (Wildman–Crippen LogP) is 2.52. The molecule has 2 aromatic heterocycles. The van der Waals surface area contributed by atoms with E-state index in [9.17, 15) is 14.4 Å². The number of hydrogen-bond acceptors (Lipinski definition) is 6. The van der Waals surface area contributed by atoms with Gasteiger partial charge in [-0.3, -0.25) is 19.1 Å². The van der Waals surface area contributed by atoms with Crippen molar-refractivity contribution in [3.63, 3.8) is 0 Å². The monoisotopic (exact) mass is 418 g/mol. The lowest BCUT2D eigenvalue weighted by Crippen LogP contribution is -2.41. The lowest BCUT2D eigenvalue weighted by molar-refractivity contribution is -0.158. The summed E-state index contributed by atoms with van der Waals surface area (Å²) in [6.07, 6.45) is 0.156. The molecule has 0 unspecified atom stereocenters. The molecule has 8 nitrogen and oxygen atoms in total. The summed E-state index contributed by atoms with van der Waals surface area (Å²) in [5.74, 6) is -1.08. The maximum absolute atomic E-state index is 12.5. The van der Waals surface area contributed by atoms with Crippen LogP contribution in [0.15, 0.2) is 17.5 Å². The van der Waals surface area contributed by atoms with E-state index >= 15 is 0 Å². The highest BCUT2D eigenvalue weighted by Gasteiger charge is 2.31. The summed E-state index contributed by atoms with van der Waals surface area (Å²) in [6, 6.07) is 3.66. The van der Waals surface area contributed by atoms with Crippen molar-refractivity contribution < 1.29 is 19.1 Å². The molecule has 1 aliphatic heterocycles. The molecule has 0 saturated carbocycles. The van der Waals surface area contributed by atoms with Gasteiger partial charge in [0.2, 0.25) is 0 Å². The number of anilines is 1. The van der Waals surface area contributed by atoms with Crippen molar-refractivity contribution in [1.29, 1.82) is 0 Å². The van der Waals surface area contributed by atoms with E-state index in [-0.39, 0.29) is 17.7 Å². The molecule has 3 heterocycles. The summed E-state index contributed by atoms with van der Waals surface area (Å²) in [5, 5.41) is 8.93. The van der Waals surface area contributed by atoms with Gasteiger partial charge in [-0.25, -0.2) is 0 Å². The zero-order valence-electron chi connectivity index (χ0n) is 17.1. The molecule has 0 aromatic carbocycles. The van der Waals surface area contributed by atoms with Crippen molar-refractivity contribution in [2.45, 2.75) is 39.7 Å². The summed E-state index contributed by atoms with van der Waals surface area (Å²) < 4.78 is 7.09. The Morgan fingerprint density at radius 1 is 1.28 bits per heavy atom. The SMILES string of the molecule is Cc1nn(C)c(C)c1NC(=O)[C@@H](C)OC(=O)C1CCN(C(=O)c2cccs2)CC1. The van der Waals surface area contributed by atoms with Crippen LogP contribution in [0.2, 0.25) is 0 Å². The van der Waals surface area contributed by atoms with Gasteiger partial charge in [-0.05, 0) is 45.1 Å². The van der Waals surface area contributed by atoms with Crippen molar-refractivity contribution in [1.82, 2.24) is 14.7 Å². The van der Waals surface area contributed by atoms with Crippen molar-refractivity contribution in [2.24, 2.45) is 13.0 Å². The molecule has 0 radical (unpaired) electrons. The zero-order valence-corrected chi connectivity index (χ0v) is 17.9. The molecule has 1 N–H and O–H groups in total. The standard InChI is InChI=1S/C20H26N4O4S/c1-12-17(13(2)23(4)22-12)21-18(25)14(3)28-20(27)15-7-9-24(10-8-15)19(26)16-6-5-11-29-16/h5-6,11,14-15H,7-10H2,1-4H3,(H,21,25)/t14-/m1/s1. The average molecular weight is 419 g/mol. The maximum Gasteiger partial charge on any atom is 0.309 e. The number of hydrogen-bond donors (Lipinski definition) is 1. The molecule has 1 aliphatic rings. The lowest BCUT2D eigenvalue weighted by atomic mass is 9.97. The quantitative estimate of drug-likeness (QED) is 0.753. The number of amides is 2.